The number of aliphatic hydroxyl groups excluding tert-OH is 9. The predicted octanol–water partition coefficient (Wildman–Crippen LogP) is 7.55. The topological polar surface area (TPSA) is 248 Å². The maximum Gasteiger partial charge on any atom is 0.249 e. The lowest BCUT2D eigenvalue weighted by atomic mass is 9.97. The summed E-state index contributed by atoms with van der Waals surface area (Å²) in [6.45, 7) is 4.95. The summed E-state index contributed by atoms with van der Waals surface area (Å²) in [7, 11) is 0. The first-order valence-corrected chi connectivity index (χ1v) is 28.4. The summed E-state index contributed by atoms with van der Waals surface area (Å²) in [5, 5.41) is 97.6. The van der Waals surface area contributed by atoms with Crippen LogP contribution in [0.3, 0.4) is 0 Å². The number of nitrogens with one attached hydrogen (secondary N) is 1. The Balaban J connectivity index is 1.82. The van der Waals surface area contributed by atoms with E-state index in [0.29, 0.717) is 6.42 Å². The molecule has 0 radical (unpaired) electrons. The quantitative estimate of drug-likeness (QED) is 0.0209. The van der Waals surface area contributed by atoms with E-state index in [2.05, 4.69) is 26.1 Å². The zero-order valence-electron chi connectivity index (χ0n) is 44.1. The van der Waals surface area contributed by atoms with Crippen LogP contribution in [0.25, 0.3) is 0 Å². The lowest BCUT2D eigenvalue weighted by Gasteiger charge is -2.46. The summed E-state index contributed by atoms with van der Waals surface area (Å²) in [5.41, 5.74) is 0. The second-order valence-corrected chi connectivity index (χ2v) is 20.8. The van der Waals surface area contributed by atoms with Crippen molar-refractivity contribution in [3.8, 4) is 0 Å². The number of ether oxygens (including phenoxy) is 4. The summed E-state index contributed by atoms with van der Waals surface area (Å²) < 4.78 is 22.6. The fourth-order valence-electron chi connectivity index (χ4n) is 9.51. The molecule has 0 aromatic carbocycles. The van der Waals surface area contributed by atoms with Crippen LogP contribution >= 0.6 is 0 Å². The van der Waals surface area contributed by atoms with Crippen molar-refractivity contribution in [2.24, 2.45) is 5.92 Å². The number of carbonyl (C=O) groups is 1. The molecule has 15 heteroatoms. The maximum absolute atomic E-state index is 13.3. The molecule has 14 unspecified atom stereocenters. The molecule has 0 bridgehead atoms. The van der Waals surface area contributed by atoms with Gasteiger partial charge in [-0.25, -0.2) is 0 Å². The van der Waals surface area contributed by atoms with Crippen LogP contribution < -0.4 is 5.32 Å². The van der Waals surface area contributed by atoms with Gasteiger partial charge in [0.05, 0.1) is 32.0 Å². The molecule has 0 aromatic rings. The standard InChI is InChI=1S/C55H105NO14/c1-4-6-7-8-9-10-11-12-13-14-15-16-17-18-19-20-25-28-31-34-37-44(60)53(66)56-42(43(59)36-33-30-27-24-22-21-23-26-29-32-35-41(3)5-2)40-67-54-51(65)49(63)52(46(39-58)69-54)70-55-50(64)48(62)47(61)45(38-57)68-55/h33,36,41-52,54-55,57-65H,4-32,34-35,37-40H2,1-3H3,(H,56,66). The second kappa shape index (κ2) is 41.0. The minimum atomic E-state index is -1.81. The minimum Gasteiger partial charge on any atom is -0.394 e. The van der Waals surface area contributed by atoms with Gasteiger partial charge in [0.15, 0.2) is 12.6 Å². The Labute approximate surface area is 423 Å². The van der Waals surface area contributed by atoms with Crippen molar-refractivity contribution in [3.05, 3.63) is 12.2 Å². The Morgan fingerprint density at radius 1 is 0.557 bits per heavy atom. The number of amides is 1. The Morgan fingerprint density at radius 2 is 1.00 bits per heavy atom. The van der Waals surface area contributed by atoms with Crippen molar-refractivity contribution in [2.45, 2.75) is 306 Å². The van der Waals surface area contributed by atoms with Crippen LogP contribution in [0, 0.1) is 5.92 Å². The van der Waals surface area contributed by atoms with Gasteiger partial charge in [0.1, 0.15) is 54.9 Å². The van der Waals surface area contributed by atoms with Crippen molar-refractivity contribution in [1.82, 2.24) is 5.32 Å². The summed E-state index contributed by atoms with van der Waals surface area (Å²) >= 11 is 0. The Kier molecular flexibility index (Phi) is 38.0. The van der Waals surface area contributed by atoms with Gasteiger partial charge < -0.3 is 70.2 Å². The molecule has 2 rings (SSSR count). The van der Waals surface area contributed by atoms with Gasteiger partial charge in [-0.1, -0.05) is 219 Å². The van der Waals surface area contributed by atoms with E-state index in [4.69, 9.17) is 18.9 Å². The average molecular weight is 1000 g/mol. The molecule has 2 saturated heterocycles. The predicted molar refractivity (Wildman–Crippen MR) is 274 cm³/mol. The highest BCUT2D eigenvalue weighted by Crippen LogP contribution is 2.30. The number of aliphatic hydroxyl groups is 9. The normalized spacial score (nSPS) is 26.9. The molecule has 0 saturated carbocycles. The van der Waals surface area contributed by atoms with E-state index in [9.17, 15) is 50.8 Å². The van der Waals surface area contributed by atoms with E-state index in [-0.39, 0.29) is 6.42 Å². The fraction of sp³-hybridized carbons (Fsp3) is 0.945. The minimum absolute atomic E-state index is 0.257. The third kappa shape index (κ3) is 27.3. The maximum atomic E-state index is 13.3. The summed E-state index contributed by atoms with van der Waals surface area (Å²) in [5.74, 6) is 0.129. The second-order valence-electron chi connectivity index (χ2n) is 20.8. The molecule has 0 spiro atoms. The van der Waals surface area contributed by atoms with Gasteiger partial charge in [0.25, 0.3) is 0 Å². The van der Waals surface area contributed by atoms with Gasteiger partial charge in [-0.05, 0) is 25.2 Å². The molecule has 15 nitrogen and oxygen atoms in total. The van der Waals surface area contributed by atoms with Crippen molar-refractivity contribution in [3.63, 3.8) is 0 Å². The molecule has 14 atom stereocenters. The molecule has 70 heavy (non-hydrogen) atoms. The van der Waals surface area contributed by atoms with Gasteiger partial charge in [-0.15, -0.1) is 0 Å². The van der Waals surface area contributed by atoms with Crippen molar-refractivity contribution in [2.75, 3.05) is 19.8 Å². The number of allylic oxidation sites excluding steroid dienone is 1. The molecule has 0 aliphatic carbocycles. The van der Waals surface area contributed by atoms with Crippen LogP contribution in [0.5, 0.6) is 0 Å². The van der Waals surface area contributed by atoms with Gasteiger partial charge in [-0.3, -0.25) is 4.79 Å². The van der Waals surface area contributed by atoms with Crippen molar-refractivity contribution < 1.29 is 69.7 Å². The molecule has 2 fully saturated rings. The van der Waals surface area contributed by atoms with Crippen molar-refractivity contribution in [1.29, 1.82) is 0 Å². The summed E-state index contributed by atoms with van der Waals surface area (Å²) in [6, 6.07) is -1.09. The molecule has 1 amide bonds. The highest BCUT2D eigenvalue weighted by Gasteiger charge is 2.51. The monoisotopic (exact) mass is 1000 g/mol. The molecule has 10 N–H and O–H groups in total. The lowest BCUT2D eigenvalue weighted by Crippen LogP contribution is -2.65. The van der Waals surface area contributed by atoms with E-state index >= 15 is 0 Å². The first-order chi connectivity index (χ1) is 33.9. The molecule has 414 valence electrons. The van der Waals surface area contributed by atoms with Crippen LogP contribution in [0.2, 0.25) is 0 Å². The summed E-state index contributed by atoms with van der Waals surface area (Å²) in [4.78, 5) is 13.3. The van der Waals surface area contributed by atoms with Crippen LogP contribution in [-0.4, -0.2) is 151 Å². The van der Waals surface area contributed by atoms with Gasteiger partial charge in [0.2, 0.25) is 5.91 Å². The fourth-order valence-corrected chi connectivity index (χ4v) is 9.51. The first kappa shape index (κ1) is 64.8. The van der Waals surface area contributed by atoms with E-state index in [0.717, 1.165) is 50.9 Å². The van der Waals surface area contributed by atoms with Crippen LogP contribution in [0.15, 0.2) is 12.2 Å². The molecular formula is C55H105NO14. The molecule has 2 heterocycles. The largest absolute Gasteiger partial charge is 0.394 e. The van der Waals surface area contributed by atoms with E-state index in [1.807, 2.05) is 6.08 Å². The average Bonchev–Trinajstić information content (AvgIpc) is 3.36. The number of unbranched alkanes of at least 4 members (excludes halogenated alkanes) is 27. The molecular weight excluding hydrogens is 899 g/mol. The third-order valence-electron chi connectivity index (χ3n) is 14.6. The number of carbonyl (C=O) groups excluding carboxylic acids is 1. The van der Waals surface area contributed by atoms with E-state index < -0.39 is 105 Å². The molecule has 2 aliphatic heterocycles. The van der Waals surface area contributed by atoms with E-state index in [1.54, 1.807) is 6.08 Å². The molecule has 0 aromatic heterocycles. The van der Waals surface area contributed by atoms with Gasteiger partial charge in [-0.2, -0.15) is 0 Å². The highest BCUT2D eigenvalue weighted by atomic mass is 16.7. The van der Waals surface area contributed by atoms with Gasteiger partial charge >= 0.3 is 0 Å². The Bertz CT molecular complexity index is 1260. The molecule has 2 aliphatic rings. The Hall–Kier alpha value is -1.31. The first-order valence-electron chi connectivity index (χ1n) is 28.4. The van der Waals surface area contributed by atoms with Crippen LogP contribution in [-0.2, 0) is 23.7 Å². The smallest absolute Gasteiger partial charge is 0.249 e. The van der Waals surface area contributed by atoms with E-state index in [1.165, 1.54) is 148 Å². The SMILES string of the molecule is CCCCCCCCCCCCCCCCCCCCCCC(O)C(=O)NC(COC1OC(CO)C(OC2OC(CO)C(O)C(O)C2O)C(O)C1O)C(O)C=CCCCCCCCCCCC(C)CC. The number of hydrogen-bond donors (Lipinski definition) is 10. The van der Waals surface area contributed by atoms with Gasteiger partial charge in [0, 0.05) is 0 Å². The number of rotatable bonds is 44. The third-order valence-corrected chi connectivity index (χ3v) is 14.6. The lowest BCUT2D eigenvalue weighted by molar-refractivity contribution is -0.359. The number of hydrogen-bond acceptors (Lipinski definition) is 14. The van der Waals surface area contributed by atoms with Crippen LogP contribution in [0.4, 0.5) is 0 Å². The highest BCUT2D eigenvalue weighted by molar-refractivity contribution is 5.80. The zero-order chi connectivity index (χ0) is 51.4. The van der Waals surface area contributed by atoms with Crippen molar-refractivity contribution >= 4 is 5.91 Å². The van der Waals surface area contributed by atoms with Crippen LogP contribution in [0.1, 0.15) is 226 Å². The summed E-state index contributed by atoms with van der Waals surface area (Å²) in [6.07, 6.45) is 22.8. The zero-order valence-corrected chi connectivity index (χ0v) is 44.1. The Morgan fingerprint density at radius 3 is 1.49 bits per heavy atom.